The van der Waals surface area contributed by atoms with E-state index in [0.29, 0.717) is 12.1 Å². The van der Waals surface area contributed by atoms with Crippen LogP contribution in [0.1, 0.15) is 23.0 Å². The number of hydrogen-bond donors (Lipinski definition) is 2. The second-order valence-electron chi connectivity index (χ2n) is 4.20. The van der Waals surface area contributed by atoms with Crippen LogP contribution < -0.4 is 11.1 Å². The molecular weight excluding hydrogens is 264 g/mol. The minimum Gasteiger partial charge on any atom is -0.384 e. The maximum atomic E-state index is 13.5. The van der Waals surface area contributed by atoms with Crippen LogP contribution in [-0.4, -0.2) is 10.9 Å². The number of hydrogen-bond acceptors (Lipinski definition) is 3. The summed E-state index contributed by atoms with van der Waals surface area (Å²) >= 11 is 0. The number of aryl methyl sites for hydroxylation is 1. The van der Waals surface area contributed by atoms with Crippen LogP contribution in [0.15, 0.2) is 30.3 Å². The Bertz CT molecular complexity index is 659. The number of carbonyl (C=O) groups is 1. The topological polar surface area (TPSA) is 68.0 Å². The number of pyridine rings is 1. The highest BCUT2D eigenvalue weighted by Crippen LogP contribution is 2.17. The van der Waals surface area contributed by atoms with Gasteiger partial charge in [-0.3, -0.25) is 4.79 Å². The van der Waals surface area contributed by atoms with E-state index < -0.39 is 17.5 Å². The lowest BCUT2D eigenvalue weighted by atomic mass is 10.1. The van der Waals surface area contributed by atoms with E-state index in [9.17, 15) is 13.6 Å². The number of aromatic nitrogens is 1. The number of nitrogens with one attached hydrogen (secondary N) is 1. The largest absolute Gasteiger partial charge is 0.384 e. The minimum atomic E-state index is -0.711. The van der Waals surface area contributed by atoms with Crippen LogP contribution in [0.5, 0.6) is 0 Å². The number of carbonyl (C=O) groups excluding carboxylic acids is 1. The van der Waals surface area contributed by atoms with Gasteiger partial charge in [-0.05, 0) is 30.7 Å². The van der Waals surface area contributed by atoms with Crippen molar-refractivity contribution in [2.45, 2.75) is 13.3 Å². The Morgan fingerprint density at radius 1 is 1.30 bits per heavy atom. The molecule has 0 radical (unpaired) electrons. The van der Waals surface area contributed by atoms with Gasteiger partial charge in [-0.25, -0.2) is 13.8 Å². The number of nitrogens with two attached hydrogens (primary N) is 1. The molecule has 2 rings (SSSR count). The number of nitrogen functional groups attached to an aromatic ring is 1. The lowest BCUT2D eigenvalue weighted by Crippen LogP contribution is -2.14. The van der Waals surface area contributed by atoms with E-state index in [1.54, 1.807) is 6.07 Å². The van der Waals surface area contributed by atoms with Gasteiger partial charge in [0, 0.05) is 17.3 Å². The van der Waals surface area contributed by atoms with Gasteiger partial charge in [0.05, 0.1) is 5.69 Å². The summed E-state index contributed by atoms with van der Waals surface area (Å²) < 4.78 is 26.5. The Balaban J connectivity index is 2.28. The summed E-state index contributed by atoms with van der Waals surface area (Å²) in [5.74, 6) is -1.71. The van der Waals surface area contributed by atoms with Gasteiger partial charge in [0.25, 0.3) is 5.91 Å². The zero-order valence-electron chi connectivity index (χ0n) is 10.8. The van der Waals surface area contributed by atoms with Crippen molar-refractivity contribution >= 4 is 17.4 Å². The zero-order chi connectivity index (χ0) is 14.7. The van der Waals surface area contributed by atoms with E-state index in [2.05, 4.69) is 10.3 Å². The fraction of sp³-hybridized carbons (Fsp3) is 0.143. The van der Waals surface area contributed by atoms with Gasteiger partial charge in [0.15, 0.2) is 0 Å². The van der Waals surface area contributed by atoms with E-state index >= 15 is 0 Å². The van der Waals surface area contributed by atoms with Gasteiger partial charge < -0.3 is 11.1 Å². The van der Waals surface area contributed by atoms with Crippen LogP contribution in [0.25, 0.3) is 0 Å². The summed E-state index contributed by atoms with van der Waals surface area (Å²) in [5.41, 5.74) is 6.27. The number of benzene rings is 1. The molecule has 0 fully saturated rings. The Labute approximate surface area is 114 Å². The van der Waals surface area contributed by atoms with Crippen LogP contribution in [0.4, 0.5) is 20.3 Å². The molecule has 20 heavy (non-hydrogen) atoms. The highest BCUT2D eigenvalue weighted by molar-refractivity contribution is 6.04. The summed E-state index contributed by atoms with van der Waals surface area (Å²) in [7, 11) is 0. The third kappa shape index (κ3) is 3.09. The number of halogens is 2. The van der Waals surface area contributed by atoms with Crippen molar-refractivity contribution in [1.82, 2.24) is 4.98 Å². The Morgan fingerprint density at radius 3 is 2.75 bits per heavy atom. The lowest BCUT2D eigenvalue weighted by molar-refractivity contribution is 0.102. The quantitative estimate of drug-likeness (QED) is 0.906. The number of anilines is 2. The summed E-state index contributed by atoms with van der Waals surface area (Å²) in [5, 5.41) is 2.31. The first-order valence-corrected chi connectivity index (χ1v) is 6.02. The van der Waals surface area contributed by atoms with Crippen molar-refractivity contribution in [2.75, 3.05) is 11.1 Å². The second-order valence-corrected chi connectivity index (χ2v) is 4.20. The van der Waals surface area contributed by atoms with Crippen LogP contribution in [0.3, 0.4) is 0 Å². The van der Waals surface area contributed by atoms with Crippen molar-refractivity contribution in [3.05, 3.63) is 53.2 Å². The molecule has 0 aliphatic rings. The van der Waals surface area contributed by atoms with Crippen LogP contribution in [0.2, 0.25) is 0 Å². The molecule has 0 aliphatic heterocycles. The molecule has 0 aliphatic carbocycles. The average Bonchev–Trinajstić information content (AvgIpc) is 2.42. The van der Waals surface area contributed by atoms with Gasteiger partial charge >= 0.3 is 0 Å². The average molecular weight is 277 g/mol. The molecule has 4 nitrogen and oxygen atoms in total. The lowest BCUT2D eigenvalue weighted by Gasteiger charge is -2.08. The van der Waals surface area contributed by atoms with Crippen LogP contribution in [-0.2, 0) is 6.42 Å². The molecule has 0 spiro atoms. The molecule has 104 valence electrons. The number of rotatable bonds is 3. The van der Waals surface area contributed by atoms with Crippen molar-refractivity contribution in [3.63, 3.8) is 0 Å². The van der Waals surface area contributed by atoms with Crippen molar-refractivity contribution < 1.29 is 13.6 Å². The monoisotopic (exact) mass is 277 g/mol. The number of nitrogens with zero attached hydrogens (tertiary/aromatic N) is 1. The molecule has 2 aromatic rings. The zero-order valence-corrected chi connectivity index (χ0v) is 10.8. The molecule has 0 atom stereocenters. The molecule has 0 saturated heterocycles. The Hall–Kier alpha value is -2.50. The van der Waals surface area contributed by atoms with E-state index in [4.69, 9.17) is 5.73 Å². The first-order valence-electron chi connectivity index (χ1n) is 6.02. The first kappa shape index (κ1) is 13.9. The van der Waals surface area contributed by atoms with E-state index in [-0.39, 0.29) is 17.1 Å². The molecule has 3 N–H and O–H groups in total. The summed E-state index contributed by atoms with van der Waals surface area (Å²) in [6.07, 6.45) is 0.611. The Kier molecular flexibility index (Phi) is 3.93. The SMILES string of the molecule is CCc1cc(C(=O)Nc2cc(F)ccc2F)cc(N)n1. The van der Waals surface area contributed by atoms with E-state index in [0.717, 1.165) is 18.2 Å². The van der Waals surface area contributed by atoms with Crippen LogP contribution >= 0.6 is 0 Å². The van der Waals surface area contributed by atoms with Crippen molar-refractivity contribution in [3.8, 4) is 0 Å². The fourth-order valence-electron chi connectivity index (χ4n) is 1.71. The minimum absolute atomic E-state index is 0.203. The van der Waals surface area contributed by atoms with Crippen molar-refractivity contribution in [2.24, 2.45) is 0 Å². The highest BCUT2D eigenvalue weighted by atomic mass is 19.1. The Morgan fingerprint density at radius 2 is 2.05 bits per heavy atom. The molecule has 1 heterocycles. The molecule has 0 bridgehead atoms. The summed E-state index contributed by atoms with van der Waals surface area (Å²) in [6.45, 7) is 1.87. The van der Waals surface area contributed by atoms with Gasteiger partial charge in [-0.15, -0.1) is 0 Å². The van der Waals surface area contributed by atoms with Crippen LogP contribution in [0, 0.1) is 11.6 Å². The van der Waals surface area contributed by atoms with Gasteiger partial charge in [-0.2, -0.15) is 0 Å². The standard InChI is InChI=1S/C14H13F2N3O/c1-2-10-5-8(6-13(17)18-10)14(20)19-12-7-9(15)3-4-11(12)16/h3-7H,2H2,1H3,(H2,17,18)(H,19,20). The third-order valence-corrected chi connectivity index (χ3v) is 2.70. The predicted molar refractivity (Wildman–Crippen MR) is 72.3 cm³/mol. The predicted octanol–water partition coefficient (Wildman–Crippen LogP) is 2.76. The normalized spacial score (nSPS) is 10.3. The summed E-state index contributed by atoms with van der Waals surface area (Å²) in [6, 6.07) is 5.78. The van der Waals surface area contributed by atoms with E-state index in [1.807, 2.05) is 6.92 Å². The highest BCUT2D eigenvalue weighted by Gasteiger charge is 2.12. The summed E-state index contributed by atoms with van der Waals surface area (Å²) in [4.78, 5) is 16.1. The van der Waals surface area contributed by atoms with Crippen molar-refractivity contribution in [1.29, 1.82) is 0 Å². The second kappa shape index (κ2) is 5.64. The molecule has 0 unspecified atom stereocenters. The maximum absolute atomic E-state index is 13.5. The molecule has 6 heteroatoms. The maximum Gasteiger partial charge on any atom is 0.255 e. The van der Waals surface area contributed by atoms with Gasteiger partial charge in [0.2, 0.25) is 0 Å². The number of amides is 1. The van der Waals surface area contributed by atoms with Gasteiger partial charge in [-0.1, -0.05) is 6.92 Å². The van der Waals surface area contributed by atoms with Gasteiger partial charge in [0.1, 0.15) is 17.5 Å². The smallest absolute Gasteiger partial charge is 0.255 e. The third-order valence-electron chi connectivity index (χ3n) is 2.70. The molecule has 0 saturated carbocycles. The fourth-order valence-corrected chi connectivity index (χ4v) is 1.71. The molecule has 1 aromatic carbocycles. The molecular formula is C14H13F2N3O. The van der Waals surface area contributed by atoms with E-state index in [1.165, 1.54) is 6.07 Å². The first-order chi connectivity index (χ1) is 9.49. The molecule has 1 aromatic heterocycles. The molecule has 1 amide bonds.